The van der Waals surface area contributed by atoms with Gasteiger partial charge in [-0.3, -0.25) is 4.79 Å². The van der Waals surface area contributed by atoms with Crippen LogP contribution in [0.1, 0.15) is 83.6 Å². The Balaban J connectivity index is 1.42. The third-order valence-corrected chi connectivity index (χ3v) is 9.22. The van der Waals surface area contributed by atoms with Gasteiger partial charge in [0.1, 0.15) is 0 Å². The second-order valence-corrected chi connectivity index (χ2v) is 11.8. The fourth-order valence-electron chi connectivity index (χ4n) is 8.17. The summed E-state index contributed by atoms with van der Waals surface area (Å²) in [5, 5.41) is 3.53. The topological polar surface area (TPSA) is 55.1 Å². The van der Waals surface area contributed by atoms with Gasteiger partial charge in [0.15, 0.2) is 0 Å². The quantitative estimate of drug-likeness (QED) is 0.705. The number of nitrogens with one attached hydrogen (secondary N) is 1. The van der Waals surface area contributed by atoms with Crippen LogP contribution in [0.25, 0.3) is 0 Å². The maximum absolute atomic E-state index is 13.8. The van der Waals surface area contributed by atoms with Gasteiger partial charge in [0, 0.05) is 12.1 Å². The summed E-state index contributed by atoms with van der Waals surface area (Å²) in [6, 6.07) is 11.8. The lowest BCUT2D eigenvalue weighted by molar-refractivity contribution is -0.159. The normalized spacial score (nSPS) is 42.5. The van der Waals surface area contributed by atoms with Crippen molar-refractivity contribution >= 4 is 5.91 Å². The van der Waals surface area contributed by atoms with Crippen LogP contribution in [-0.2, 0) is 10.2 Å². The third kappa shape index (κ3) is 3.51. The highest BCUT2D eigenvalue weighted by Gasteiger charge is 2.63. The number of amides is 1. The van der Waals surface area contributed by atoms with Crippen LogP contribution in [0.15, 0.2) is 30.3 Å². The number of benzene rings is 1. The van der Waals surface area contributed by atoms with E-state index in [9.17, 15) is 4.79 Å². The van der Waals surface area contributed by atoms with Crippen LogP contribution in [0.4, 0.5) is 0 Å². The van der Waals surface area contributed by atoms with Crippen LogP contribution >= 0.6 is 0 Å². The molecule has 0 aliphatic heterocycles. The summed E-state index contributed by atoms with van der Waals surface area (Å²) in [7, 11) is 0. The molecule has 5 saturated carbocycles. The number of carbonyl (C=O) groups is 1. The SMILES string of the molecule is CC(C)CC1C2CC3(C(=O)NC4CCC(N)CC4)CC1CC(c1ccccc1)(C2)C3. The van der Waals surface area contributed by atoms with Gasteiger partial charge in [-0.15, -0.1) is 0 Å². The van der Waals surface area contributed by atoms with Gasteiger partial charge in [-0.2, -0.15) is 0 Å². The van der Waals surface area contributed by atoms with Crippen molar-refractivity contribution in [2.24, 2.45) is 34.8 Å². The fraction of sp³-hybridized carbons (Fsp3) is 0.741. The highest BCUT2D eigenvalue weighted by molar-refractivity contribution is 5.84. The molecule has 2 unspecified atom stereocenters. The average Bonchev–Trinajstić information content (AvgIpc) is 2.72. The van der Waals surface area contributed by atoms with Crippen molar-refractivity contribution in [1.82, 2.24) is 5.32 Å². The summed E-state index contributed by atoms with van der Waals surface area (Å²) in [6.45, 7) is 4.74. The van der Waals surface area contributed by atoms with Crippen LogP contribution in [-0.4, -0.2) is 18.0 Å². The Bertz CT molecular complexity index is 748. The lowest BCUT2D eigenvalue weighted by Gasteiger charge is -2.65. The molecule has 0 heterocycles. The fourth-order valence-corrected chi connectivity index (χ4v) is 8.17. The van der Waals surface area contributed by atoms with E-state index in [1.54, 1.807) is 0 Å². The van der Waals surface area contributed by atoms with E-state index in [-0.39, 0.29) is 10.8 Å². The third-order valence-electron chi connectivity index (χ3n) is 9.22. The van der Waals surface area contributed by atoms with Crippen LogP contribution in [0.2, 0.25) is 0 Å². The van der Waals surface area contributed by atoms with E-state index in [0.29, 0.717) is 29.8 Å². The van der Waals surface area contributed by atoms with Crippen molar-refractivity contribution in [3.05, 3.63) is 35.9 Å². The molecule has 0 spiro atoms. The van der Waals surface area contributed by atoms with E-state index in [1.807, 2.05) is 0 Å². The number of rotatable bonds is 5. The lowest BCUT2D eigenvalue weighted by atomic mass is 9.39. The predicted molar refractivity (Wildman–Crippen MR) is 122 cm³/mol. The zero-order valence-electron chi connectivity index (χ0n) is 18.9. The lowest BCUT2D eigenvalue weighted by Crippen LogP contribution is -2.62. The van der Waals surface area contributed by atoms with Crippen LogP contribution in [0.5, 0.6) is 0 Å². The second-order valence-electron chi connectivity index (χ2n) is 11.8. The van der Waals surface area contributed by atoms with Crippen molar-refractivity contribution < 1.29 is 4.79 Å². The maximum Gasteiger partial charge on any atom is 0.226 e. The van der Waals surface area contributed by atoms with E-state index >= 15 is 0 Å². The molecule has 0 saturated heterocycles. The van der Waals surface area contributed by atoms with Gasteiger partial charge in [0.2, 0.25) is 5.91 Å². The molecule has 6 rings (SSSR count). The Hall–Kier alpha value is -1.35. The van der Waals surface area contributed by atoms with Crippen molar-refractivity contribution in [2.75, 3.05) is 0 Å². The summed E-state index contributed by atoms with van der Waals surface area (Å²) in [6.07, 6.45) is 11.4. The molecule has 2 atom stereocenters. The summed E-state index contributed by atoms with van der Waals surface area (Å²) < 4.78 is 0. The molecule has 30 heavy (non-hydrogen) atoms. The first kappa shape index (κ1) is 20.5. The molecule has 5 fully saturated rings. The summed E-state index contributed by atoms with van der Waals surface area (Å²) in [5.41, 5.74) is 7.66. The smallest absolute Gasteiger partial charge is 0.226 e. The molecule has 4 bridgehead atoms. The van der Waals surface area contributed by atoms with Crippen LogP contribution < -0.4 is 11.1 Å². The number of nitrogens with two attached hydrogens (primary N) is 1. The molecule has 5 aliphatic rings. The molecular formula is C27H40N2O. The van der Waals surface area contributed by atoms with Crippen molar-refractivity contribution in [3.8, 4) is 0 Å². The Morgan fingerprint density at radius 3 is 2.27 bits per heavy atom. The molecule has 3 heteroatoms. The van der Waals surface area contributed by atoms with E-state index in [4.69, 9.17) is 5.73 Å². The minimum Gasteiger partial charge on any atom is -0.353 e. The molecule has 1 aromatic carbocycles. The summed E-state index contributed by atoms with van der Waals surface area (Å²) in [5.74, 6) is 3.35. The Morgan fingerprint density at radius 2 is 1.67 bits per heavy atom. The summed E-state index contributed by atoms with van der Waals surface area (Å²) >= 11 is 0. The largest absolute Gasteiger partial charge is 0.353 e. The maximum atomic E-state index is 13.8. The van der Waals surface area contributed by atoms with Gasteiger partial charge in [-0.05, 0) is 98.9 Å². The number of hydrogen-bond acceptors (Lipinski definition) is 2. The van der Waals surface area contributed by atoms with Crippen molar-refractivity contribution in [1.29, 1.82) is 0 Å². The van der Waals surface area contributed by atoms with Crippen LogP contribution in [0, 0.1) is 29.1 Å². The van der Waals surface area contributed by atoms with Gasteiger partial charge in [0.25, 0.3) is 0 Å². The van der Waals surface area contributed by atoms with Gasteiger partial charge < -0.3 is 11.1 Å². The molecule has 3 nitrogen and oxygen atoms in total. The van der Waals surface area contributed by atoms with Gasteiger partial charge in [-0.1, -0.05) is 44.2 Å². The Morgan fingerprint density at radius 1 is 1.03 bits per heavy atom. The summed E-state index contributed by atoms with van der Waals surface area (Å²) in [4.78, 5) is 13.8. The zero-order valence-corrected chi connectivity index (χ0v) is 18.9. The highest BCUT2D eigenvalue weighted by atomic mass is 16.2. The monoisotopic (exact) mass is 408 g/mol. The molecule has 0 radical (unpaired) electrons. The molecule has 5 aliphatic carbocycles. The number of hydrogen-bond donors (Lipinski definition) is 2. The van der Waals surface area contributed by atoms with Gasteiger partial charge >= 0.3 is 0 Å². The molecule has 1 aromatic rings. The van der Waals surface area contributed by atoms with Crippen LogP contribution in [0.3, 0.4) is 0 Å². The predicted octanol–water partition coefficient (Wildman–Crippen LogP) is 5.18. The molecule has 1 amide bonds. The van der Waals surface area contributed by atoms with Gasteiger partial charge in [0.05, 0.1) is 5.41 Å². The minimum absolute atomic E-state index is 0.144. The van der Waals surface area contributed by atoms with E-state index in [0.717, 1.165) is 56.8 Å². The minimum atomic E-state index is -0.144. The molecule has 164 valence electrons. The van der Waals surface area contributed by atoms with E-state index in [2.05, 4.69) is 49.5 Å². The van der Waals surface area contributed by atoms with Crippen molar-refractivity contribution in [3.63, 3.8) is 0 Å². The Kier molecular flexibility index (Phi) is 5.24. The van der Waals surface area contributed by atoms with E-state index in [1.165, 1.54) is 24.8 Å². The van der Waals surface area contributed by atoms with Gasteiger partial charge in [-0.25, -0.2) is 0 Å². The molecule has 3 N–H and O–H groups in total. The zero-order chi connectivity index (χ0) is 20.9. The standard InChI is InChI=1S/C27H40N2O/c1-18(2)12-24-19-13-26(21-6-4-3-5-7-21)14-20(24)16-27(15-19,17-26)25(30)29-23-10-8-22(28)9-11-23/h3-7,18-20,22-24H,8-17,28H2,1-2H3,(H,29,30). The first-order valence-electron chi connectivity index (χ1n) is 12.5. The first-order chi connectivity index (χ1) is 14.4. The number of carbonyl (C=O) groups excluding carboxylic acids is 1. The van der Waals surface area contributed by atoms with E-state index < -0.39 is 0 Å². The molecular weight excluding hydrogens is 368 g/mol. The van der Waals surface area contributed by atoms with Crippen molar-refractivity contribution in [2.45, 2.75) is 95.6 Å². The average molecular weight is 409 g/mol. The molecule has 0 aromatic heterocycles. The first-order valence-corrected chi connectivity index (χ1v) is 12.5. The second kappa shape index (κ2) is 7.65. The Labute approximate surface area is 182 Å². The highest BCUT2D eigenvalue weighted by Crippen LogP contribution is 2.68.